The molecule has 1 unspecified atom stereocenters. The molecule has 1 aromatic rings. The third kappa shape index (κ3) is 3.50. The smallest absolute Gasteiger partial charge is 0.328 e. The van der Waals surface area contributed by atoms with E-state index in [1.54, 1.807) is 26.0 Å². The molecule has 0 N–H and O–H groups in total. The van der Waals surface area contributed by atoms with Gasteiger partial charge in [-0.1, -0.05) is 50.3 Å². The first-order valence-corrected chi connectivity index (χ1v) is 10.8. The number of hydrogen-bond donors (Lipinski definition) is 0. The van der Waals surface area contributed by atoms with Gasteiger partial charge in [0.2, 0.25) is 0 Å². The highest BCUT2D eigenvalue weighted by Crippen LogP contribution is 2.30. The molecule has 7 nitrogen and oxygen atoms in total. The molecule has 0 radical (unpaired) electrons. The van der Waals surface area contributed by atoms with Crippen LogP contribution in [0.4, 0.5) is 0 Å². The molecule has 0 bridgehead atoms. The van der Waals surface area contributed by atoms with Gasteiger partial charge < -0.3 is 4.84 Å². The molecule has 1 saturated carbocycles. The maximum Gasteiger partial charge on any atom is 0.351 e. The SMILES string of the molecule is CC(C)C(C(=O)ON1C(=O)c2ccccc2C1=O)S(=O)(=O)C1CCCCC1. The summed E-state index contributed by atoms with van der Waals surface area (Å²) in [4.78, 5) is 42.5. The maximum atomic E-state index is 13.0. The Morgan fingerprint density at radius 1 is 1.04 bits per heavy atom. The fourth-order valence-corrected chi connectivity index (χ4v) is 6.25. The van der Waals surface area contributed by atoms with E-state index in [1.165, 1.54) is 12.1 Å². The van der Waals surface area contributed by atoms with Crippen LogP contribution in [-0.4, -0.2) is 41.8 Å². The quantitative estimate of drug-likeness (QED) is 0.713. The fourth-order valence-electron chi connectivity index (χ4n) is 3.78. The second-order valence-corrected chi connectivity index (χ2v) is 9.73. The van der Waals surface area contributed by atoms with E-state index in [0.717, 1.165) is 19.3 Å². The third-order valence-electron chi connectivity index (χ3n) is 5.15. The van der Waals surface area contributed by atoms with Crippen molar-refractivity contribution >= 4 is 27.6 Å². The number of fused-ring (bicyclic) bond motifs is 1. The number of nitrogens with zero attached hydrogens (tertiary/aromatic N) is 1. The summed E-state index contributed by atoms with van der Waals surface area (Å²) in [6, 6.07) is 6.11. The van der Waals surface area contributed by atoms with E-state index >= 15 is 0 Å². The second kappa shape index (κ2) is 7.42. The van der Waals surface area contributed by atoms with E-state index in [4.69, 9.17) is 4.84 Å². The number of carbonyl (C=O) groups excluding carboxylic acids is 3. The number of hydroxylamine groups is 2. The van der Waals surface area contributed by atoms with Crippen molar-refractivity contribution in [3.8, 4) is 0 Å². The van der Waals surface area contributed by atoms with Crippen molar-refractivity contribution in [3.05, 3.63) is 35.4 Å². The number of amides is 2. The van der Waals surface area contributed by atoms with E-state index in [1.807, 2.05) is 0 Å². The highest BCUT2D eigenvalue weighted by Gasteiger charge is 2.46. The van der Waals surface area contributed by atoms with Gasteiger partial charge in [0.15, 0.2) is 15.1 Å². The largest absolute Gasteiger partial charge is 0.351 e. The molecule has 1 aromatic carbocycles. The fraction of sp³-hybridized carbons (Fsp3) is 0.526. The highest BCUT2D eigenvalue weighted by atomic mass is 32.2. The van der Waals surface area contributed by atoms with Gasteiger partial charge >= 0.3 is 5.97 Å². The number of rotatable bonds is 5. The lowest BCUT2D eigenvalue weighted by Crippen LogP contribution is -2.46. The Morgan fingerprint density at radius 3 is 2.04 bits per heavy atom. The second-order valence-electron chi connectivity index (χ2n) is 7.37. The zero-order valence-corrected chi connectivity index (χ0v) is 16.2. The van der Waals surface area contributed by atoms with Crippen molar-refractivity contribution in [2.45, 2.75) is 56.5 Å². The van der Waals surface area contributed by atoms with Crippen LogP contribution in [0.2, 0.25) is 0 Å². The average molecular weight is 393 g/mol. The van der Waals surface area contributed by atoms with Gasteiger partial charge in [-0.15, -0.1) is 0 Å². The van der Waals surface area contributed by atoms with Crippen LogP contribution in [-0.2, 0) is 19.5 Å². The van der Waals surface area contributed by atoms with E-state index < -0.39 is 44.0 Å². The lowest BCUT2D eigenvalue weighted by atomic mass is 10.0. The van der Waals surface area contributed by atoms with Crippen LogP contribution >= 0.6 is 0 Å². The van der Waals surface area contributed by atoms with Crippen molar-refractivity contribution in [1.82, 2.24) is 5.06 Å². The minimum atomic E-state index is -3.79. The maximum absolute atomic E-state index is 13.0. The minimum Gasteiger partial charge on any atom is -0.328 e. The Balaban J connectivity index is 1.83. The molecule has 27 heavy (non-hydrogen) atoms. The molecular formula is C19H23NO6S. The molecule has 2 amide bonds. The standard InChI is InChI=1S/C19H23NO6S/c1-12(2)16(27(24,25)13-8-4-3-5-9-13)19(23)26-20-17(21)14-10-6-7-11-15(14)18(20)22/h6-7,10-13,16H,3-5,8-9H2,1-2H3. The normalized spacial score (nSPS) is 19.3. The Bertz CT molecular complexity index is 835. The molecule has 146 valence electrons. The Morgan fingerprint density at radius 2 is 1.56 bits per heavy atom. The Kier molecular flexibility index (Phi) is 5.37. The van der Waals surface area contributed by atoms with Gasteiger partial charge in [-0.05, 0) is 30.9 Å². The molecule has 3 rings (SSSR count). The first-order valence-electron chi connectivity index (χ1n) is 9.17. The van der Waals surface area contributed by atoms with Crippen LogP contribution in [0.3, 0.4) is 0 Å². The third-order valence-corrected chi connectivity index (χ3v) is 7.99. The molecule has 1 atom stereocenters. The summed E-state index contributed by atoms with van der Waals surface area (Å²) in [5.74, 6) is -3.15. The van der Waals surface area contributed by atoms with E-state index in [9.17, 15) is 22.8 Å². The number of imide groups is 1. The topological polar surface area (TPSA) is 97.8 Å². The molecule has 1 aliphatic carbocycles. The van der Waals surface area contributed by atoms with E-state index in [-0.39, 0.29) is 11.1 Å². The van der Waals surface area contributed by atoms with Crippen LogP contribution in [0, 0.1) is 5.92 Å². The number of benzene rings is 1. The lowest BCUT2D eigenvalue weighted by Gasteiger charge is -2.28. The lowest BCUT2D eigenvalue weighted by molar-refractivity contribution is -0.168. The van der Waals surface area contributed by atoms with Crippen molar-refractivity contribution in [2.75, 3.05) is 0 Å². The number of hydrogen-bond acceptors (Lipinski definition) is 6. The molecule has 0 aromatic heterocycles. The van der Waals surface area contributed by atoms with Crippen molar-refractivity contribution in [1.29, 1.82) is 0 Å². The highest BCUT2D eigenvalue weighted by molar-refractivity contribution is 7.93. The van der Waals surface area contributed by atoms with Gasteiger partial charge in [-0.2, -0.15) is 0 Å². The van der Waals surface area contributed by atoms with Crippen molar-refractivity contribution < 1.29 is 27.6 Å². The van der Waals surface area contributed by atoms with Crippen LogP contribution in [0.15, 0.2) is 24.3 Å². The predicted octanol–water partition coefficient (Wildman–Crippen LogP) is 2.51. The van der Waals surface area contributed by atoms with Crippen LogP contribution in [0.5, 0.6) is 0 Å². The zero-order chi connectivity index (χ0) is 19.8. The van der Waals surface area contributed by atoms with Gasteiger partial charge in [0.05, 0.1) is 16.4 Å². The summed E-state index contributed by atoms with van der Waals surface area (Å²) in [6.45, 7) is 3.24. The molecule has 0 saturated heterocycles. The Labute approximate surface area is 158 Å². The monoisotopic (exact) mass is 393 g/mol. The number of carbonyl (C=O) groups is 3. The molecule has 1 aliphatic heterocycles. The van der Waals surface area contributed by atoms with Gasteiger partial charge in [0.1, 0.15) is 0 Å². The van der Waals surface area contributed by atoms with Gasteiger partial charge in [0, 0.05) is 0 Å². The molecule has 8 heteroatoms. The summed E-state index contributed by atoms with van der Waals surface area (Å²) in [5, 5.41) is -1.63. The average Bonchev–Trinajstić information content (AvgIpc) is 2.87. The minimum absolute atomic E-state index is 0.131. The van der Waals surface area contributed by atoms with Crippen molar-refractivity contribution in [2.24, 2.45) is 5.92 Å². The predicted molar refractivity (Wildman–Crippen MR) is 97.5 cm³/mol. The molecular weight excluding hydrogens is 370 g/mol. The summed E-state index contributed by atoms with van der Waals surface area (Å²) >= 11 is 0. The first-order chi connectivity index (χ1) is 12.7. The summed E-state index contributed by atoms with van der Waals surface area (Å²) in [7, 11) is -3.79. The Hall–Kier alpha value is -2.22. The summed E-state index contributed by atoms with van der Waals surface area (Å²) < 4.78 is 26.1. The molecule has 2 aliphatic rings. The summed E-state index contributed by atoms with van der Waals surface area (Å²) in [6.07, 6.45) is 3.64. The number of sulfone groups is 1. The van der Waals surface area contributed by atoms with Crippen molar-refractivity contribution in [3.63, 3.8) is 0 Å². The van der Waals surface area contributed by atoms with Crippen LogP contribution in [0.25, 0.3) is 0 Å². The molecule has 1 heterocycles. The van der Waals surface area contributed by atoms with Crippen LogP contribution in [0.1, 0.15) is 66.7 Å². The first kappa shape index (κ1) is 19.5. The zero-order valence-electron chi connectivity index (χ0n) is 15.4. The van der Waals surface area contributed by atoms with Gasteiger partial charge in [-0.3, -0.25) is 9.59 Å². The van der Waals surface area contributed by atoms with Gasteiger partial charge in [0.25, 0.3) is 11.8 Å². The molecule has 1 fully saturated rings. The summed E-state index contributed by atoms with van der Waals surface area (Å²) in [5.41, 5.74) is 0.262. The van der Waals surface area contributed by atoms with E-state index in [0.29, 0.717) is 17.9 Å². The van der Waals surface area contributed by atoms with Crippen LogP contribution < -0.4 is 0 Å². The molecule has 0 spiro atoms. The van der Waals surface area contributed by atoms with Gasteiger partial charge in [-0.25, -0.2) is 13.2 Å². The van der Waals surface area contributed by atoms with E-state index in [2.05, 4.69) is 0 Å².